The van der Waals surface area contributed by atoms with Gasteiger partial charge in [-0.1, -0.05) is 12.1 Å². The Kier molecular flexibility index (Phi) is 5.41. The SMILES string of the molecule is COc1ccccc1-c1c(C)c(C)c2cnc(Nc3ccc(N4CCOCC4)cc3)nn12. The number of fused-ring (bicyclic) bond motifs is 1. The van der Waals surface area contributed by atoms with Crippen LogP contribution in [-0.2, 0) is 4.74 Å². The van der Waals surface area contributed by atoms with Crippen molar-refractivity contribution in [2.45, 2.75) is 13.8 Å². The number of hydrogen-bond acceptors (Lipinski definition) is 6. The fourth-order valence-electron chi connectivity index (χ4n) is 4.23. The van der Waals surface area contributed by atoms with Crippen LogP contribution in [0.5, 0.6) is 5.75 Å². The van der Waals surface area contributed by atoms with E-state index < -0.39 is 0 Å². The largest absolute Gasteiger partial charge is 0.496 e. The van der Waals surface area contributed by atoms with E-state index >= 15 is 0 Å². The van der Waals surface area contributed by atoms with Crippen LogP contribution in [-0.4, -0.2) is 48.0 Å². The maximum Gasteiger partial charge on any atom is 0.245 e. The number of nitrogens with zero attached hydrogens (tertiary/aromatic N) is 4. The highest BCUT2D eigenvalue weighted by atomic mass is 16.5. The summed E-state index contributed by atoms with van der Waals surface area (Å²) in [6, 6.07) is 16.4. The van der Waals surface area contributed by atoms with Crippen molar-refractivity contribution in [2.75, 3.05) is 43.6 Å². The number of nitrogens with one attached hydrogen (secondary N) is 1. The van der Waals surface area contributed by atoms with Gasteiger partial charge in [0, 0.05) is 30.0 Å². The van der Waals surface area contributed by atoms with E-state index in [2.05, 4.69) is 59.4 Å². The third kappa shape index (κ3) is 3.65. The summed E-state index contributed by atoms with van der Waals surface area (Å²) in [6.45, 7) is 7.61. The maximum atomic E-state index is 5.62. The molecule has 2 aromatic carbocycles. The Balaban J connectivity index is 1.48. The fraction of sp³-hybridized carbons (Fsp3) is 0.280. The van der Waals surface area contributed by atoms with E-state index in [0.717, 1.165) is 65.6 Å². The van der Waals surface area contributed by atoms with Crippen LogP contribution < -0.4 is 15.0 Å². The van der Waals surface area contributed by atoms with E-state index in [-0.39, 0.29) is 0 Å². The zero-order chi connectivity index (χ0) is 22.1. The Morgan fingerprint density at radius 3 is 2.47 bits per heavy atom. The van der Waals surface area contributed by atoms with Gasteiger partial charge < -0.3 is 19.7 Å². The number of anilines is 3. The Morgan fingerprint density at radius 2 is 1.72 bits per heavy atom. The monoisotopic (exact) mass is 429 g/mol. The Bertz CT molecular complexity index is 1240. The molecule has 0 bridgehead atoms. The topological polar surface area (TPSA) is 63.9 Å². The first kappa shape index (κ1) is 20.3. The third-order valence-corrected chi connectivity index (χ3v) is 6.11. The van der Waals surface area contributed by atoms with Crippen molar-refractivity contribution in [3.05, 3.63) is 65.9 Å². The standard InChI is InChI=1S/C25H27N5O2/c1-17-18(2)24(21-6-4-5-7-23(21)31-3)30-22(17)16-26-25(28-30)27-19-8-10-20(11-9-19)29-12-14-32-15-13-29/h4-11,16H,12-15H2,1-3H3,(H,27,28). The second-order valence-electron chi connectivity index (χ2n) is 7.95. The van der Waals surface area contributed by atoms with Gasteiger partial charge in [-0.25, -0.2) is 9.50 Å². The minimum Gasteiger partial charge on any atom is -0.496 e. The van der Waals surface area contributed by atoms with Gasteiger partial charge in [0.05, 0.1) is 37.7 Å². The van der Waals surface area contributed by atoms with E-state index in [9.17, 15) is 0 Å². The molecule has 32 heavy (non-hydrogen) atoms. The van der Waals surface area contributed by atoms with Crippen LogP contribution in [0, 0.1) is 13.8 Å². The van der Waals surface area contributed by atoms with Gasteiger partial charge in [-0.05, 0) is 61.4 Å². The van der Waals surface area contributed by atoms with E-state index in [0.29, 0.717) is 5.95 Å². The number of aromatic nitrogens is 3. The van der Waals surface area contributed by atoms with Crippen LogP contribution in [0.1, 0.15) is 11.1 Å². The third-order valence-electron chi connectivity index (χ3n) is 6.11. The average Bonchev–Trinajstić information content (AvgIpc) is 3.09. The first-order valence-electron chi connectivity index (χ1n) is 10.8. The highest BCUT2D eigenvalue weighted by molar-refractivity contribution is 5.78. The van der Waals surface area contributed by atoms with Crippen molar-refractivity contribution in [3.63, 3.8) is 0 Å². The van der Waals surface area contributed by atoms with E-state index in [1.165, 1.54) is 5.69 Å². The zero-order valence-electron chi connectivity index (χ0n) is 18.6. The number of aryl methyl sites for hydroxylation is 1. The minimum atomic E-state index is 0.544. The highest BCUT2D eigenvalue weighted by Crippen LogP contribution is 2.35. The summed E-state index contributed by atoms with van der Waals surface area (Å²) in [7, 11) is 1.69. The molecule has 5 rings (SSSR count). The number of morpholine rings is 1. The molecule has 2 aromatic heterocycles. The normalized spacial score (nSPS) is 14.0. The van der Waals surface area contributed by atoms with Gasteiger partial charge in [0.15, 0.2) is 0 Å². The number of para-hydroxylation sites is 1. The van der Waals surface area contributed by atoms with Crippen molar-refractivity contribution >= 4 is 22.8 Å². The molecular weight excluding hydrogens is 402 g/mol. The molecule has 1 aliphatic rings. The maximum absolute atomic E-state index is 5.62. The fourth-order valence-corrected chi connectivity index (χ4v) is 4.23. The summed E-state index contributed by atoms with van der Waals surface area (Å²) in [5, 5.41) is 8.17. The molecule has 7 heteroatoms. The van der Waals surface area contributed by atoms with E-state index in [1.807, 2.05) is 28.9 Å². The molecule has 164 valence electrons. The summed E-state index contributed by atoms with van der Waals surface area (Å²) in [5.41, 5.74) is 7.48. The van der Waals surface area contributed by atoms with E-state index in [1.54, 1.807) is 7.11 Å². The lowest BCUT2D eigenvalue weighted by Gasteiger charge is -2.28. The Hall–Kier alpha value is -3.58. The number of ether oxygens (including phenoxy) is 2. The van der Waals surface area contributed by atoms with Crippen LogP contribution in [0.4, 0.5) is 17.3 Å². The summed E-state index contributed by atoms with van der Waals surface area (Å²) in [4.78, 5) is 6.90. The van der Waals surface area contributed by atoms with Gasteiger partial charge in [-0.15, -0.1) is 5.10 Å². The second kappa shape index (κ2) is 8.51. The lowest BCUT2D eigenvalue weighted by atomic mass is 10.1. The van der Waals surface area contributed by atoms with Crippen molar-refractivity contribution in [3.8, 4) is 17.0 Å². The van der Waals surface area contributed by atoms with Crippen LogP contribution in [0.3, 0.4) is 0 Å². The highest BCUT2D eigenvalue weighted by Gasteiger charge is 2.19. The first-order valence-corrected chi connectivity index (χ1v) is 10.8. The predicted molar refractivity (Wildman–Crippen MR) is 127 cm³/mol. The van der Waals surface area contributed by atoms with Crippen molar-refractivity contribution < 1.29 is 9.47 Å². The molecule has 0 saturated carbocycles. The smallest absolute Gasteiger partial charge is 0.245 e. The molecule has 3 heterocycles. The van der Waals surface area contributed by atoms with Crippen LogP contribution in [0.15, 0.2) is 54.7 Å². The summed E-state index contributed by atoms with van der Waals surface area (Å²) >= 11 is 0. The Morgan fingerprint density at radius 1 is 0.969 bits per heavy atom. The molecule has 4 aromatic rings. The quantitative estimate of drug-likeness (QED) is 0.500. The number of methoxy groups -OCH3 is 1. The molecule has 0 amide bonds. The molecule has 0 aliphatic carbocycles. The van der Waals surface area contributed by atoms with Crippen LogP contribution >= 0.6 is 0 Å². The second-order valence-corrected chi connectivity index (χ2v) is 7.95. The van der Waals surface area contributed by atoms with Gasteiger partial charge in [0.2, 0.25) is 5.95 Å². The molecule has 0 radical (unpaired) electrons. The molecular formula is C25H27N5O2. The summed E-state index contributed by atoms with van der Waals surface area (Å²) < 4.78 is 13.0. The molecule has 1 fully saturated rings. The van der Waals surface area contributed by atoms with Gasteiger partial charge in [-0.2, -0.15) is 0 Å². The van der Waals surface area contributed by atoms with E-state index in [4.69, 9.17) is 14.6 Å². The molecule has 0 atom stereocenters. The van der Waals surface area contributed by atoms with Gasteiger partial charge in [0.25, 0.3) is 0 Å². The molecule has 1 N–H and O–H groups in total. The summed E-state index contributed by atoms with van der Waals surface area (Å²) in [5.74, 6) is 1.37. The lowest BCUT2D eigenvalue weighted by Crippen LogP contribution is -2.36. The van der Waals surface area contributed by atoms with Crippen LogP contribution in [0.25, 0.3) is 16.8 Å². The number of hydrogen-bond donors (Lipinski definition) is 1. The van der Waals surface area contributed by atoms with Gasteiger partial charge in [0.1, 0.15) is 5.75 Å². The number of benzene rings is 2. The van der Waals surface area contributed by atoms with Crippen molar-refractivity contribution in [1.82, 2.24) is 14.6 Å². The van der Waals surface area contributed by atoms with Gasteiger partial charge in [-0.3, -0.25) is 0 Å². The van der Waals surface area contributed by atoms with Gasteiger partial charge >= 0.3 is 0 Å². The van der Waals surface area contributed by atoms with Crippen LogP contribution in [0.2, 0.25) is 0 Å². The molecule has 7 nitrogen and oxygen atoms in total. The molecule has 0 spiro atoms. The molecule has 1 aliphatic heterocycles. The number of rotatable bonds is 5. The molecule has 1 saturated heterocycles. The lowest BCUT2D eigenvalue weighted by molar-refractivity contribution is 0.122. The zero-order valence-corrected chi connectivity index (χ0v) is 18.6. The average molecular weight is 430 g/mol. The first-order chi connectivity index (χ1) is 15.7. The van der Waals surface area contributed by atoms with Crippen molar-refractivity contribution in [1.29, 1.82) is 0 Å². The summed E-state index contributed by atoms with van der Waals surface area (Å²) in [6.07, 6.45) is 1.87. The Labute approximate surface area is 187 Å². The minimum absolute atomic E-state index is 0.544. The van der Waals surface area contributed by atoms with Crippen molar-refractivity contribution in [2.24, 2.45) is 0 Å². The molecule has 0 unspecified atom stereocenters. The predicted octanol–water partition coefficient (Wildman–Crippen LogP) is 4.60.